The van der Waals surface area contributed by atoms with Crippen molar-refractivity contribution in [2.24, 2.45) is 0 Å². The Hall–Kier alpha value is -2.39. The molecule has 2 nitrogen and oxygen atoms in total. The molecule has 2 aromatic carbocycles. The summed E-state index contributed by atoms with van der Waals surface area (Å²) in [6.07, 6.45) is 0. The van der Waals surface area contributed by atoms with E-state index in [9.17, 15) is 0 Å². The lowest BCUT2D eigenvalue weighted by atomic mass is 10.1. The monoisotopic (exact) mass is 276 g/mol. The third-order valence-corrected chi connectivity index (χ3v) is 4.23. The van der Waals surface area contributed by atoms with Crippen LogP contribution in [0.5, 0.6) is 0 Å². The highest BCUT2D eigenvalue weighted by atomic mass is 32.1. The average Bonchev–Trinajstić information content (AvgIpc) is 3.11. The van der Waals surface area contributed by atoms with Gasteiger partial charge >= 0.3 is 0 Å². The largest absolute Gasteiger partial charge is 0.222 e. The number of thiophene rings is 1. The second-order valence-electron chi connectivity index (χ2n) is 4.60. The highest BCUT2D eigenvalue weighted by Gasteiger charge is 2.13. The van der Waals surface area contributed by atoms with Crippen molar-refractivity contribution in [1.29, 1.82) is 0 Å². The predicted octanol–water partition coefficient (Wildman–Crippen LogP) is 4.75. The molecule has 0 bridgehead atoms. The highest BCUT2D eigenvalue weighted by Crippen LogP contribution is 2.32. The van der Waals surface area contributed by atoms with Gasteiger partial charge in [0, 0.05) is 10.9 Å². The number of para-hydroxylation sites is 1. The van der Waals surface area contributed by atoms with Crippen LogP contribution in [0.25, 0.3) is 27.2 Å². The molecule has 0 aliphatic heterocycles. The van der Waals surface area contributed by atoms with E-state index in [1.54, 1.807) is 11.3 Å². The second kappa shape index (κ2) is 4.62. The van der Waals surface area contributed by atoms with Gasteiger partial charge in [0.25, 0.3) is 0 Å². The fraction of sp³-hybridized carbons (Fsp3) is 0. The van der Waals surface area contributed by atoms with Gasteiger partial charge in [-0.2, -0.15) is 5.10 Å². The topological polar surface area (TPSA) is 17.8 Å². The summed E-state index contributed by atoms with van der Waals surface area (Å²) in [5.74, 6) is 0. The number of hydrogen-bond donors (Lipinski definition) is 0. The molecule has 0 spiro atoms. The molecule has 2 aromatic heterocycles. The van der Waals surface area contributed by atoms with Crippen LogP contribution < -0.4 is 0 Å². The molecule has 0 N–H and O–H groups in total. The molecule has 3 heteroatoms. The molecule has 0 aliphatic rings. The lowest BCUT2D eigenvalue weighted by Crippen LogP contribution is -1.94. The van der Waals surface area contributed by atoms with Crippen LogP contribution in [0.3, 0.4) is 0 Å². The predicted molar refractivity (Wildman–Crippen MR) is 84.4 cm³/mol. The zero-order chi connectivity index (χ0) is 13.4. The van der Waals surface area contributed by atoms with Gasteiger partial charge < -0.3 is 0 Å². The lowest BCUT2D eigenvalue weighted by molar-refractivity contribution is 0.921. The zero-order valence-corrected chi connectivity index (χ0v) is 11.5. The summed E-state index contributed by atoms with van der Waals surface area (Å²) in [7, 11) is 0. The van der Waals surface area contributed by atoms with Crippen LogP contribution in [-0.4, -0.2) is 9.78 Å². The molecule has 0 fully saturated rings. The van der Waals surface area contributed by atoms with Crippen LogP contribution in [0.15, 0.2) is 72.1 Å². The van der Waals surface area contributed by atoms with E-state index < -0.39 is 0 Å². The van der Waals surface area contributed by atoms with E-state index in [1.165, 1.54) is 10.2 Å². The molecule has 2 heterocycles. The Labute approximate surface area is 120 Å². The van der Waals surface area contributed by atoms with Crippen LogP contribution >= 0.6 is 11.3 Å². The Morgan fingerprint density at radius 2 is 1.50 bits per heavy atom. The maximum Gasteiger partial charge on any atom is 0.127 e. The molecule has 0 unspecified atom stereocenters. The molecule has 96 valence electrons. The van der Waals surface area contributed by atoms with E-state index in [0.29, 0.717) is 0 Å². The van der Waals surface area contributed by atoms with Gasteiger partial charge in [-0.25, -0.2) is 4.68 Å². The molecule has 0 saturated heterocycles. The molecular formula is C17H12N2S. The SMILES string of the molecule is c1ccc(-c2nn(-c3ccccc3)c3sccc23)cc1. The van der Waals surface area contributed by atoms with Gasteiger partial charge in [0.1, 0.15) is 10.5 Å². The van der Waals surface area contributed by atoms with Crippen LogP contribution in [0.2, 0.25) is 0 Å². The summed E-state index contributed by atoms with van der Waals surface area (Å²) < 4.78 is 2.03. The maximum atomic E-state index is 4.82. The number of benzene rings is 2. The number of nitrogens with zero attached hydrogens (tertiary/aromatic N) is 2. The lowest BCUT2D eigenvalue weighted by Gasteiger charge is -2.01. The minimum absolute atomic E-state index is 1.05. The van der Waals surface area contributed by atoms with Gasteiger partial charge in [0.2, 0.25) is 0 Å². The van der Waals surface area contributed by atoms with Crippen LogP contribution in [-0.2, 0) is 0 Å². The second-order valence-corrected chi connectivity index (χ2v) is 5.50. The minimum Gasteiger partial charge on any atom is -0.222 e. The first-order chi connectivity index (χ1) is 9.93. The average molecular weight is 276 g/mol. The van der Waals surface area contributed by atoms with Gasteiger partial charge in [0.15, 0.2) is 0 Å². The van der Waals surface area contributed by atoms with Crippen molar-refractivity contribution < 1.29 is 0 Å². The van der Waals surface area contributed by atoms with E-state index in [1.807, 2.05) is 28.9 Å². The van der Waals surface area contributed by atoms with Gasteiger partial charge in [-0.15, -0.1) is 11.3 Å². The molecule has 20 heavy (non-hydrogen) atoms. The summed E-state index contributed by atoms with van der Waals surface area (Å²) in [5.41, 5.74) is 3.30. The van der Waals surface area contributed by atoms with Crippen molar-refractivity contribution >= 4 is 21.6 Å². The molecule has 0 aliphatic carbocycles. The van der Waals surface area contributed by atoms with E-state index in [-0.39, 0.29) is 0 Å². The summed E-state index contributed by atoms with van der Waals surface area (Å²) in [6.45, 7) is 0. The molecule has 4 rings (SSSR count). The number of rotatable bonds is 2. The standard InChI is InChI=1S/C17H12N2S/c1-3-7-13(8-4-1)16-15-11-12-20-17(15)19(18-16)14-9-5-2-6-10-14/h1-12H. The van der Waals surface area contributed by atoms with Crippen molar-refractivity contribution in [1.82, 2.24) is 9.78 Å². The molecule has 0 amide bonds. The highest BCUT2D eigenvalue weighted by molar-refractivity contribution is 7.16. The van der Waals surface area contributed by atoms with Crippen LogP contribution in [0.4, 0.5) is 0 Å². The molecule has 0 saturated carbocycles. The van der Waals surface area contributed by atoms with E-state index in [4.69, 9.17) is 5.10 Å². The van der Waals surface area contributed by atoms with Gasteiger partial charge in [-0.05, 0) is 23.6 Å². The summed E-state index contributed by atoms with van der Waals surface area (Å²) in [6, 6.07) is 22.8. The van der Waals surface area contributed by atoms with Crippen molar-refractivity contribution in [3.63, 3.8) is 0 Å². The maximum absolute atomic E-state index is 4.82. The Bertz CT molecular complexity index is 775. The Balaban J connectivity index is 1.99. The number of fused-ring (bicyclic) bond motifs is 1. The van der Waals surface area contributed by atoms with E-state index in [0.717, 1.165) is 16.9 Å². The summed E-state index contributed by atoms with van der Waals surface area (Å²) in [5, 5.41) is 8.15. The van der Waals surface area contributed by atoms with Crippen molar-refractivity contribution in [2.45, 2.75) is 0 Å². The fourth-order valence-electron chi connectivity index (χ4n) is 2.40. The summed E-state index contributed by atoms with van der Waals surface area (Å²) in [4.78, 5) is 1.19. The molecule has 0 atom stereocenters. The first kappa shape index (κ1) is 11.4. The smallest absolute Gasteiger partial charge is 0.127 e. The third kappa shape index (κ3) is 1.75. The number of aromatic nitrogens is 2. The normalized spacial score (nSPS) is 11.0. The fourth-order valence-corrected chi connectivity index (χ4v) is 3.27. The van der Waals surface area contributed by atoms with Crippen molar-refractivity contribution in [3.8, 4) is 16.9 Å². The van der Waals surface area contributed by atoms with Crippen LogP contribution in [0.1, 0.15) is 0 Å². The van der Waals surface area contributed by atoms with Crippen molar-refractivity contribution in [3.05, 3.63) is 72.1 Å². The Morgan fingerprint density at radius 1 is 0.800 bits per heavy atom. The first-order valence-electron chi connectivity index (χ1n) is 6.50. The van der Waals surface area contributed by atoms with Crippen molar-refractivity contribution in [2.75, 3.05) is 0 Å². The molecular weight excluding hydrogens is 264 g/mol. The van der Waals surface area contributed by atoms with E-state index in [2.05, 4.69) is 47.8 Å². The zero-order valence-electron chi connectivity index (χ0n) is 10.7. The van der Waals surface area contributed by atoms with Gasteiger partial charge in [-0.1, -0.05) is 48.5 Å². The Morgan fingerprint density at radius 3 is 2.25 bits per heavy atom. The quantitative estimate of drug-likeness (QED) is 0.516. The van der Waals surface area contributed by atoms with Gasteiger partial charge in [0.05, 0.1) is 5.69 Å². The summed E-state index contributed by atoms with van der Waals surface area (Å²) >= 11 is 1.72. The number of hydrogen-bond acceptors (Lipinski definition) is 2. The molecule has 0 radical (unpaired) electrons. The van der Waals surface area contributed by atoms with Crippen LogP contribution in [0, 0.1) is 0 Å². The first-order valence-corrected chi connectivity index (χ1v) is 7.38. The Kier molecular flexibility index (Phi) is 2.64. The third-order valence-electron chi connectivity index (χ3n) is 3.34. The van der Waals surface area contributed by atoms with Gasteiger partial charge in [-0.3, -0.25) is 0 Å². The van der Waals surface area contributed by atoms with E-state index >= 15 is 0 Å². The molecule has 4 aromatic rings. The minimum atomic E-state index is 1.05.